The van der Waals surface area contributed by atoms with Gasteiger partial charge in [0.1, 0.15) is 0 Å². The third-order valence-electron chi connectivity index (χ3n) is 2.86. The van der Waals surface area contributed by atoms with Crippen LogP contribution >= 0.6 is 11.3 Å². The van der Waals surface area contributed by atoms with Crippen molar-refractivity contribution in [3.05, 3.63) is 15.6 Å². The standard InChI is InChI=1S/C12H18N2O3S/c1-7(12-8(2)18-9(3)13-12)14(4)10(15)5-6-11(16)17/h7H,5-6H2,1-4H3,(H,16,17). The first-order chi connectivity index (χ1) is 8.32. The highest BCUT2D eigenvalue weighted by Crippen LogP contribution is 2.26. The molecule has 100 valence electrons. The highest BCUT2D eigenvalue weighted by molar-refractivity contribution is 7.11. The van der Waals surface area contributed by atoms with E-state index in [1.54, 1.807) is 23.3 Å². The van der Waals surface area contributed by atoms with Gasteiger partial charge in [-0.05, 0) is 20.8 Å². The van der Waals surface area contributed by atoms with Crippen molar-refractivity contribution in [2.75, 3.05) is 7.05 Å². The summed E-state index contributed by atoms with van der Waals surface area (Å²) in [5.41, 5.74) is 0.892. The predicted molar refractivity (Wildman–Crippen MR) is 69.6 cm³/mol. The number of carboxylic acids is 1. The lowest BCUT2D eigenvalue weighted by atomic mass is 10.1. The maximum absolute atomic E-state index is 11.8. The van der Waals surface area contributed by atoms with E-state index in [-0.39, 0.29) is 24.8 Å². The van der Waals surface area contributed by atoms with E-state index in [1.807, 2.05) is 20.8 Å². The Hall–Kier alpha value is -1.43. The molecule has 0 radical (unpaired) electrons. The molecule has 1 amide bonds. The van der Waals surface area contributed by atoms with E-state index >= 15 is 0 Å². The summed E-state index contributed by atoms with van der Waals surface area (Å²) in [5.74, 6) is -1.12. The number of hydrogen-bond acceptors (Lipinski definition) is 4. The lowest BCUT2D eigenvalue weighted by molar-refractivity contribution is -0.141. The highest BCUT2D eigenvalue weighted by Gasteiger charge is 2.21. The predicted octanol–water partition coefficient (Wildman–Crippen LogP) is 2.14. The second-order valence-electron chi connectivity index (χ2n) is 4.25. The number of thiazole rings is 1. The van der Waals surface area contributed by atoms with Crippen LogP contribution in [0.3, 0.4) is 0 Å². The van der Waals surface area contributed by atoms with Crippen molar-refractivity contribution in [2.45, 2.75) is 39.7 Å². The Kier molecular flexibility index (Phi) is 4.84. The summed E-state index contributed by atoms with van der Waals surface area (Å²) >= 11 is 1.60. The van der Waals surface area contributed by atoms with Crippen LogP contribution in [0.5, 0.6) is 0 Å². The molecule has 1 rings (SSSR count). The van der Waals surface area contributed by atoms with Crippen molar-refractivity contribution < 1.29 is 14.7 Å². The first kappa shape index (κ1) is 14.6. The van der Waals surface area contributed by atoms with Gasteiger partial charge in [-0.1, -0.05) is 0 Å². The average Bonchev–Trinajstić information content (AvgIpc) is 2.63. The second kappa shape index (κ2) is 5.95. The fraction of sp³-hybridized carbons (Fsp3) is 0.583. The normalized spacial score (nSPS) is 12.2. The zero-order chi connectivity index (χ0) is 13.9. The number of carbonyl (C=O) groups excluding carboxylic acids is 1. The van der Waals surface area contributed by atoms with Crippen LogP contribution in [0.25, 0.3) is 0 Å². The van der Waals surface area contributed by atoms with Crippen LogP contribution in [0.2, 0.25) is 0 Å². The molecule has 18 heavy (non-hydrogen) atoms. The molecule has 0 saturated carbocycles. The zero-order valence-electron chi connectivity index (χ0n) is 11.1. The van der Waals surface area contributed by atoms with E-state index in [0.717, 1.165) is 15.6 Å². The maximum Gasteiger partial charge on any atom is 0.303 e. The average molecular weight is 270 g/mol. The van der Waals surface area contributed by atoms with Gasteiger partial charge in [0.05, 0.1) is 23.2 Å². The Morgan fingerprint density at radius 1 is 1.39 bits per heavy atom. The molecular formula is C12H18N2O3S. The number of rotatable bonds is 5. The van der Waals surface area contributed by atoms with Gasteiger partial charge in [0.2, 0.25) is 5.91 Å². The van der Waals surface area contributed by atoms with Gasteiger partial charge < -0.3 is 10.0 Å². The third-order valence-corrected chi connectivity index (χ3v) is 3.76. The lowest BCUT2D eigenvalue weighted by Crippen LogP contribution is -2.30. The molecule has 1 aromatic heterocycles. The van der Waals surface area contributed by atoms with Crippen molar-refractivity contribution in [2.24, 2.45) is 0 Å². The van der Waals surface area contributed by atoms with E-state index in [1.165, 1.54) is 0 Å². The van der Waals surface area contributed by atoms with Gasteiger partial charge in [-0.25, -0.2) is 4.98 Å². The molecule has 0 fully saturated rings. The fourth-order valence-corrected chi connectivity index (χ4v) is 2.63. The molecule has 0 bridgehead atoms. The molecule has 0 spiro atoms. The SMILES string of the molecule is Cc1nc(C(C)N(C)C(=O)CCC(=O)O)c(C)s1. The largest absolute Gasteiger partial charge is 0.481 e. The molecule has 1 unspecified atom stereocenters. The van der Waals surface area contributed by atoms with Crippen LogP contribution < -0.4 is 0 Å². The number of carboxylic acid groups (broad SMARTS) is 1. The molecule has 1 aromatic rings. The van der Waals surface area contributed by atoms with Crippen molar-refractivity contribution in [1.29, 1.82) is 0 Å². The van der Waals surface area contributed by atoms with Gasteiger partial charge in [0, 0.05) is 18.3 Å². The molecular weight excluding hydrogens is 252 g/mol. The van der Waals surface area contributed by atoms with Gasteiger partial charge in [0.15, 0.2) is 0 Å². The number of nitrogens with zero attached hydrogens (tertiary/aromatic N) is 2. The first-order valence-electron chi connectivity index (χ1n) is 5.74. The van der Waals surface area contributed by atoms with Gasteiger partial charge in [-0.3, -0.25) is 9.59 Å². The second-order valence-corrected chi connectivity index (χ2v) is 5.66. The van der Waals surface area contributed by atoms with Gasteiger partial charge >= 0.3 is 5.97 Å². The van der Waals surface area contributed by atoms with Crippen molar-refractivity contribution in [3.63, 3.8) is 0 Å². The molecule has 0 aliphatic heterocycles. The Balaban J connectivity index is 2.71. The summed E-state index contributed by atoms with van der Waals surface area (Å²) < 4.78 is 0. The highest BCUT2D eigenvalue weighted by atomic mass is 32.1. The fourth-order valence-electron chi connectivity index (χ4n) is 1.72. The molecule has 1 N–H and O–H groups in total. The first-order valence-corrected chi connectivity index (χ1v) is 6.56. The Morgan fingerprint density at radius 3 is 2.44 bits per heavy atom. The Bertz CT molecular complexity index is 456. The number of carbonyl (C=O) groups is 2. The van der Waals surface area contributed by atoms with Crippen LogP contribution in [0.15, 0.2) is 0 Å². The minimum atomic E-state index is -0.954. The summed E-state index contributed by atoms with van der Waals surface area (Å²) in [5, 5.41) is 9.54. The van der Waals surface area contributed by atoms with Gasteiger partial charge in [-0.2, -0.15) is 0 Å². The summed E-state index contributed by atoms with van der Waals surface area (Å²) in [7, 11) is 1.68. The quantitative estimate of drug-likeness (QED) is 0.890. The molecule has 6 heteroatoms. The van der Waals surface area contributed by atoms with E-state index in [4.69, 9.17) is 5.11 Å². The molecule has 0 aromatic carbocycles. The van der Waals surface area contributed by atoms with Crippen LogP contribution in [0.1, 0.15) is 41.4 Å². The molecule has 1 atom stereocenters. The minimum absolute atomic E-state index is 0.0261. The molecule has 5 nitrogen and oxygen atoms in total. The Morgan fingerprint density at radius 2 is 2.00 bits per heavy atom. The van der Waals surface area contributed by atoms with Gasteiger partial charge in [0.25, 0.3) is 0 Å². The molecule has 1 heterocycles. The van der Waals surface area contributed by atoms with E-state index in [2.05, 4.69) is 4.98 Å². The summed E-state index contributed by atoms with van der Waals surface area (Å²) in [6.07, 6.45) is -0.108. The number of amides is 1. The van der Waals surface area contributed by atoms with Crippen LogP contribution in [0, 0.1) is 13.8 Å². The molecule has 0 aliphatic rings. The van der Waals surface area contributed by atoms with E-state index in [9.17, 15) is 9.59 Å². The third kappa shape index (κ3) is 3.53. The molecule has 0 aliphatic carbocycles. The number of hydrogen-bond donors (Lipinski definition) is 1. The monoisotopic (exact) mass is 270 g/mol. The Labute approximate surface area is 110 Å². The summed E-state index contributed by atoms with van der Waals surface area (Å²) in [6, 6.07) is -0.128. The minimum Gasteiger partial charge on any atom is -0.481 e. The van der Waals surface area contributed by atoms with Crippen LogP contribution in [0.4, 0.5) is 0 Å². The molecule has 0 saturated heterocycles. The topological polar surface area (TPSA) is 70.5 Å². The van der Waals surface area contributed by atoms with Crippen LogP contribution in [-0.4, -0.2) is 33.9 Å². The maximum atomic E-state index is 11.8. The number of aryl methyl sites for hydroxylation is 2. The van der Waals surface area contributed by atoms with Crippen LogP contribution in [-0.2, 0) is 9.59 Å². The summed E-state index contributed by atoms with van der Waals surface area (Å²) in [6.45, 7) is 5.81. The smallest absolute Gasteiger partial charge is 0.303 e. The van der Waals surface area contributed by atoms with Crippen molar-refractivity contribution in [1.82, 2.24) is 9.88 Å². The van der Waals surface area contributed by atoms with Gasteiger partial charge in [-0.15, -0.1) is 11.3 Å². The van der Waals surface area contributed by atoms with E-state index in [0.29, 0.717) is 0 Å². The van der Waals surface area contributed by atoms with Crippen molar-refractivity contribution >= 4 is 23.2 Å². The van der Waals surface area contributed by atoms with Crippen molar-refractivity contribution in [3.8, 4) is 0 Å². The summed E-state index contributed by atoms with van der Waals surface area (Å²) in [4.78, 5) is 29.3. The number of aliphatic carboxylic acids is 1. The lowest BCUT2D eigenvalue weighted by Gasteiger charge is -2.24. The van der Waals surface area contributed by atoms with E-state index < -0.39 is 5.97 Å². The zero-order valence-corrected chi connectivity index (χ0v) is 11.9. The number of aromatic nitrogens is 1.